The third kappa shape index (κ3) is 2.75. The molecule has 0 saturated heterocycles. The number of H-pyrrole nitrogens is 1. The van der Waals surface area contributed by atoms with Gasteiger partial charge in [0.1, 0.15) is 0 Å². The number of rotatable bonds is 3. The number of hydrogen-bond acceptors (Lipinski definition) is 3. The van der Waals surface area contributed by atoms with Gasteiger partial charge < -0.3 is 5.73 Å². The number of hydrogen-bond donors (Lipinski definition) is 2. The molecule has 0 amide bonds. The molecule has 17 heavy (non-hydrogen) atoms. The third-order valence-corrected chi connectivity index (χ3v) is 3.77. The van der Waals surface area contributed by atoms with E-state index in [1.807, 2.05) is 13.8 Å². The smallest absolute Gasteiger partial charge is 0.166 e. The Hall–Kier alpha value is -1.16. The van der Waals surface area contributed by atoms with Crippen molar-refractivity contribution in [2.75, 3.05) is 0 Å². The largest absolute Gasteiger partial charge is 0.328 e. The first-order valence-electron chi connectivity index (χ1n) is 6.38. The van der Waals surface area contributed by atoms with Gasteiger partial charge in [-0.05, 0) is 45.4 Å². The van der Waals surface area contributed by atoms with Gasteiger partial charge in [-0.25, -0.2) is 0 Å². The molecule has 1 fully saturated rings. The van der Waals surface area contributed by atoms with Gasteiger partial charge in [-0.15, -0.1) is 0 Å². The fourth-order valence-corrected chi connectivity index (χ4v) is 2.72. The maximum Gasteiger partial charge on any atom is 0.166 e. The predicted octanol–water partition coefficient (Wildman–Crippen LogP) is 2.12. The number of nitrogens with two attached hydrogens (primary N) is 1. The molecule has 0 unspecified atom stereocenters. The lowest BCUT2D eigenvalue weighted by Crippen LogP contribution is -2.27. The van der Waals surface area contributed by atoms with E-state index in [1.165, 1.54) is 0 Å². The van der Waals surface area contributed by atoms with Gasteiger partial charge in [0.15, 0.2) is 5.78 Å². The van der Waals surface area contributed by atoms with Gasteiger partial charge in [-0.3, -0.25) is 9.89 Å². The van der Waals surface area contributed by atoms with Crippen LogP contribution >= 0.6 is 0 Å². The zero-order chi connectivity index (χ0) is 12.4. The number of Topliss-reactive ketones (excluding diaryl/α,β-unsaturated/α-hetero) is 1. The third-order valence-electron chi connectivity index (χ3n) is 3.77. The lowest BCUT2D eigenvalue weighted by Gasteiger charge is -2.25. The molecule has 0 aromatic carbocycles. The highest BCUT2D eigenvalue weighted by molar-refractivity contribution is 5.98. The molecule has 1 aliphatic carbocycles. The normalized spacial score (nSPS) is 24.9. The minimum absolute atomic E-state index is 0.231. The van der Waals surface area contributed by atoms with E-state index < -0.39 is 0 Å². The minimum atomic E-state index is 0.231. The molecule has 0 radical (unpaired) electrons. The summed E-state index contributed by atoms with van der Waals surface area (Å²) in [5, 5.41) is 6.95. The zero-order valence-corrected chi connectivity index (χ0v) is 10.6. The molecule has 1 aliphatic rings. The van der Waals surface area contributed by atoms with Crippen LogP contribution in [0.5, 0.6) is 0 Å². The summed E-state index contributed by atoms with van der Waals surface area (Å²) in [4.78, 5) is 12.2. The molecule has 0 spiro atoms. The first-order chi connectivity index (χ1) is 8.08. The van der Waals surface area contributed by atoms with Gasteiger partial charge in [0, 0.05) is 18.2 Å². The second-order valence-corrected chi connectivity index (χ2v) is 5.22. The molecule has 94 valence electrons. The number of nitrogens with one attached hydrogen (secondary N) is 1. The van der Waals surface area contributed by atoms with Crippen LogP contribution in [-0.4, -0.2) is 22.0 Å². The number of ketones is 1. The monoisotopic (exact) mass is 235 g/mol. The van der Waals surface area contributed by atoms with E-state index in [1.54, 1.807) is 0 Å². The Balaban J connectivity index is 1.98. The molecule has 1 aromatic heterocycles. The van der Waals surface area contributed by atoms with Crippen molar-refractivity contribution in [3.8, 4) is 0 Å². The summed E-state index contributed by atoms with van der Waals surface area (Å²) in [5.74, 6) is 0.741. The van der Waals surface area contributed by atoms with Crippen molar-refractivity contribution in [1.29, 1.82) is 0 Å². The standard InChI is InChI=1S/C13H21N3O/c1-8-13(9(2)16-15-8)12(17)7-10-3-5-11(14)6-4-10/h10-11H,3-7,14H2,1-2H3,(H,15,16). The van der Waals surface area contributed by atoms with E-state index in [-0.39, 0.29) is 5.78 Å². The summed E-state index contributed by atoms with van der Waals surface area (Å²) in [7, 11) is 0. The summed E-state index contributed by atoms with van der Waals surface area (Å²) >= 11 is 0. The molecule has 3 N–H and O–H groups in total. The minimum Gasteiger partial charge on any atom is -0.328 e. The van der Waals surface area contributed by atoms with E-state index in [0.717, 1.165) is 42.6 Å². The van der Waals surface area contributed by atoms with Crippen LogP contribution in [0.3, 0.4) is 0 Å². The lowest BCUT2D eigenvalue weighted by atomic mass is 9.82. The Morgan fingerprint density at radius 2 is 2.00 bits per heavy atom. The summed E-state index contributed by atoms with van der Waals surface area (Å²) in [6.45, 7) is 3.79. The second-order valence-electron chi connectivity index (χ2n) is 5.22. The Kier molecular flexibility index (Phi) is 3.62. The van der Waals surface area contributed by atoms with Gasteiger partial charge in [0.2, 0.25) is 0 Å². The molecule has 0 aliphatic heterocycles. The van der Waals surface area contributed by atoms with Crippen LogP contribution in [0, 0.1) is 19.8 Å². The van der Waals surface area contributed by atoms with Gasteiger partial charge >= 0.3 is 0 Å². The quantitative estimate of drug-likeness (QED) is 0.788. The molecule has 1 aromatic rings. The van der Waals surface area contributed by atoms with Crippen LogP contribution in [0.15, 0.2) is 0 Å². The number of aryl methyl sites for hydroxylation is 2. The summed E-state index contributed by atoms with van der Waals surface area (Å²) < 4.78 is 0. The van der Waals surface area contributed by atoms with Gasteiger partial charge in [0.25, 0.3) is 0 Å². The molecule has 4 nitrogen and oxygen atoms in total. The topological polar surface area (TPSA) is 71.8 Å². The average molecular weight is 235 g/mol. The van der Waals surface area contributed by atoms with Gasteiger partial charge in [0.05, 0.1) is 11.3 Å². The van der Waals surface area contributed by atoms with Gasteiger partial charge in [-0.2, -0.15) is 5.10 Å². The van der Waals surface area contributed by atoms with Crippen LogP contribution < -0.4 is 5.73 Å². The van der Waals surface area contributed by atoms with Crippen molar-refractivity contribution in [2.45, 2.75) is 52.0 Å². The van der Waals surface area contributed by atoms with E-state index in [2.05, 4.69) is 10.2 Å². The van der Waals surface area contributed by atoms with Crippen LogP contribution in [0.1, 0.15) is 53.8 Å². The highest BCUT2D eigenvalue weighted by Crippen LogP contribution is 2.27. The Bertz CT molecular complexity index is 383. The average Bonchev–Trinajstić information content (AvgIpc) is 2.62. The number of aromatic amines is 1. The van der Waals surface area contributed by atoms with E-state index in [4.69, 9.17) is 5.73 Å². The first-order valence-corrected chi connectivity index (χ1v) is 6.38. The number of carbonyl (C=O) groups is 1. The van der Waals surface area contributed by atoms with Crippen molar-refractivity contribution in [1.82, 2.24) is 10.2 Å². The SMILES string of the molecule is Cc1n[nH]c(C)c1C(=O)CC1CCC(N)CC1. The highest BCUT2D eigenvalue weighted by Gasteiger charge is 2.23. The van der Waals surface area contributed by atoms with E-state index >= 15 is 0 Å². The molecular weight excluding hydrogens is 214 g/mol. The van der Waals surface area contributed by atoms with Crippen molar-refractivity contribution >= 4 is 5.78 Å². The first kappa shape index (κ1) is 12.3. The molecule has 2 rings (SSSR count). The Labute approximate surface area is 102 Å². The van der Waals surface area contributed by atoms with E-state index in [9.17, 15) is 4.79 Å². The Morgan fingerprint density at radius 1 is 1.35 bits per heavy atom. The predicted molar refractivity (Wildman–Crippen MR) is 66.9 cm³/mol. The summed E-state index contributed by atoms with van der Waals surface area (Å²) in [6, 6.07) is 0.346. The summed E-state index contributed by atoms with van der Waals surface area (Å²) in [5.41, 5.74) is 8.37. The number of carbonyl (C=O) groups excluding carboxylic acids is 1. The van der Waals surface area contributed by atoms with Crippen molar-refractivity contribution in [3.05, 3.63) is 17.0 Å². The number of nitrogens with zero attached hydrogens (tertiary/aromatic N) is 1. The molecule has 0 bridgehead atoms. The second kappa shape index (κ2) is 5.00. The molecule has 1 saturated carbocycles. The number of aromatic nitrogens is 2. The zero-order valence-electron chi connectivity index (χ0n) is 10.6. The van der Waals surface area contributed by atoms with Crippen molar-refractivity contribution in [3.63, 3.8) is 0 Å². The van der Waals surface area contributed by atoms with Crippen molar-refractivity contribution in [2.24, 2.45) is 11.7 Å². The van der Waals surface area contributed by atoms with Crippen molar-refractivity contribution < 1.29 is 4.79 Å². The maximum absolute atomic E-state index is 12.2. The van der Waals surface area contributed by atoms with E-state index in [0.29, 0.717) is 18.4 Å². The van der Waals surface area contributed by atoms with Crippen LogP contribution in [-0.2, 0) is 0 Å². The van der Waals surface area contributed by atoms with Crippen LogP contribution in [0.2, 0.25) is 0 Å². The molecule has 0 atom stereocenters. The fraction of sp³-hybridized carbons (Fsp3) is 0.692. The summed E-state index contributed by atoms with van der Waals surface area (Å²) in [6.07, 6.45) is 4.93. The lowest BCUT2D eigenvalue weighted by molar-refractivity contribution is 0.0947. The maximum atomic E-state index is 12.2. The van der Waals surface area contributed by atoms with Crippen LogP contribution in [0.4, 0.5) is 0 Å². The molecular formula is C13H21N3O. The Morgan fingerprint density at radius 3 is 2.53 bits per heavy atom. The van der Waals surface area contributed by atoms with Crippen LogP contribution in [0.25, 0.3) is 0 Å². The molecule has 4 heteroatoms. The highest BCUT2D eigenvalue weighted by atomic mass is 16.1. The molecule has 1 heterocycles. The fourth-order valence-electron chi connectivity index (χ4n) is 2.72. The van der Waals surface area contributed by atoms with Gasteiger partial charge in [-0.1, -0.05) is 0 Å².